The van der Waals surface area contributed by atoms with Crippen molar-refractivity contribution in [3.05, 3.63) is 35.7 Å². The van der Waals surface area contributed by atoms with Crippen LogP contribution < -0.4 is 0 Å². The fourth-order valence-corrected chi connectivity index (χ4v) is 2.34. The minimum Gasteiger partial charge on any atom is -0.238 e. The highest BCUT2D eigenvalue weighted by atomic mass is 32.2. The van der Waals surface area contributed by atoms with E-state index in [1.165, 1.54) is 29.2 Å². The smallest absolute Gasteiger partial charge is 0.213 e. The normalized spacial score (nSPS) is 10.2. The molecule has 0 saturated carbocycles. The second-order valence-corrected chi connectivity index (χ2v) is 4.36. The highest BCUT2D eigenvalue weighted by Crippen LogP contribution is 2.27. The summed E-state index contributed by atoms with van der Waals surface area (Å²) in [5, 5.41) is 2.51. The second kappa shape index (κ2) is 3.85. The Balaban J connectivity index is 2.19. The molecule has 5 heteroatoms. The molecule has 0 aliphatic rings. The van der Waals surface area contributed by atoms with Gasteiger partial charge in [-0.3, -0.25) is 0 Å². The van der Waals surface area contributed by atoms with Crippen LogP contribution in [-0.2, 0) is 0 Å². The largest absolute Gasteiger partial charge is 0.238 e. The molecule has 0 aromatic carbocycles. The van der Waals surface area contributed by atoms with Crippen LogP contribution in [0, 0.1) is 5.95 Å². The molecular formula is C8H5FN2S2. The van der Waals surface area contributed by atoms with Crippen molar-refractivity contribution in [2.75, 3.05) is 0 Å². The molecule has 0 atom stereocenters. The maximum Gasteiger partial charge on any atom is 0.213 e. The van der Waals surface area contributed by atoms with Gasteiger partial charge in [-0.25, -0.2) is 9.97 Å². The highest BCUT2D eigenvalue weighted by molar-refractivity contribution is 8.00. The predicted octanol–water partition coefficient (Wildman–Crippen LogP) is 2.83. The van der Waals surface area contributed by atoms with E-state index in [-0.39, 0.29) is 0 Å². The Kier molecular flexibility index (Phi) is 2.56. The molecule has 2 nitrogen and oxygen atoms in total. The van der Waals surface area contributed by atoms with Gasteiger partial charge in [-0.05, 0) is 23.9 Å². The lowest BCUT2D eigenvalue weighted by atomic mass is 10.5. The van der Waals surface area contributed by atoms with E-state index >= 15 is 0 Å². The Bertz CT molecular complexity index is 389. The van der Waals surface area contributed by atoms with Crippen LogP contribution in [0.15, 0.2) is 39.1 Å². The summed E-state index contributed by atoms with van der Waals surface area (Å²) in [6.45, 7) is 0. The van der Waals surface area contributed by atoms with Gasteiger partial charge in [0, 0.05) is 11.6 Å². The molecule has 0 aliphatic carbocycles. The second-order valence-electron chi connectivity index (χ2n) is 2.20. The van der Waals surface area contributed by atoms with E-state index in [9.17, 15) is 4.39 Å². The lowest BCUT2D eigenvalue weighted by Gasteiger charge is -1.95. The van der Waals surface area contributed by atoms with Crippen LogP contribution in [0.1, 0.15) is 0 Å². The Morgan fingerprint density at radius 3 is 3.00 bits per heavy atom. The summed E-state index contributed by atoms with van der Waals surface area (Å²) in [6, 6.07) is 4.72. The van der Waals surface area contributed by atoms with Crippen LogP contribution >= 0.6 is 23.1 Å². The quantitative estimate of drug-likeness (QED) is 0.716. The molecule has 0 fully saturated rings. The third-order valence-corrected chi connectivity index (χ3v) is 3.11. The fraction of sp³-hybridized carbons (Fsp3) is 0. The van der Waals surface area contributed by atoms with Gasteiger partial charge in [0.1, 0.15) is 5.03 Å². The molecule has 0 radical (unpaired) electrons. The topological polar surface area (TPSA) is 25.8 Å². The van der Waals surface area contributed by atoms with E-state index in [4.69, 9.17) is 0 Å². The molecule has 2 aromatic heterocycles. The van der Waals surface area contributed by atoms with Gasteiger partial charge in [-0.2, -0.15) is 4.39 Å². The van der Waals surface area contributed by atoms with E-state index < -0.39 is 5.95 Å². The zero-order chi connectivity index (χ0) is 9.10. The molecule has 2 aromatic rings. The minimum absolute atomic E-state index is 0.457. The number of pyridine rings is 1. The van der Waals surface area contributed by atoms with Crippen LogP contribution in [0.3, 0.4) is 0 Å². The molecule has 0 aliphatic heterocycles. The van der Waals surface area contributed by atoms with Crippen LogP contribution in [0.5, 0.6) is 0 Å². The molecule has 2 heterocycles. The summed E-state index contributed by atoms with van der Waals surface area (Å²) in [5.41, 5.74) is 0. The Hall–Kier alpha value is -0.940. The fourth-order valence-electron chi connectivity index (χ4n) is 0.797. The van der Waals surface area contributed by atoms with Crippen molar-refractivity contribution in [1.82, 2.24) is 9.97 Å². The summed E-state index contributed by atoms with van der Waals surface area (Å²) < 4.78 is 13.5. The number of aromatic nitrogens is 2. The van der Waals surface area contributed by atoms with E-state index in [1.807, 2.05) is 5.38 Å². The summed E-state index contributed by atoms with van der Waals surface area (Å²) in [7, 11) is 0. The lowest BCUT2D eigenvalue weighted by molar-refractivity contribution is 0.572. The molecule has 0 N–H and O–H groups in total. The molecule has 0 amide bonds. The Labute approximate surface area is 82.9 Å². The molecule has 0 bridgehead atoms. The predicted molar refractivity (Wildman–Crippen MR) is 50.4 cm³/mol. The number of hydrogen-bond donors (Lipinski definition) is 0. The first kappa shape index (κ1) is 8.65. The molecule has 0 saturated heterocycles. The molecule has 0 spiro atoms. The molecule has 66 valence electrons. The standard InChI is InChI=1S/C8H5FN2S2/c9-6-2-1-3-7(11-6)13-8-10-4-5-12-8/h1-5H. The van der Waals surface area contributed by atoms with Crippen LogP contribution in [0.25, 0.3) is 0 Å². The number of halogens is 1. The summed E-state index contributed by atoms with van der Waals surface area (Å²) >= 11 is 2.88. The minimum atomic E-state index is -0.457. The number of hydrogen-bond acceptors (Lipinski definition) is 4. The average molecular weight is 212 g/mol. The van der Waals surface area contributed by atoms with Gasteiger partial charge in [0.05, 0.1) is 0 Å². The molecule has 0 unspecified atom stereocenters. The first-order valence-corrected chi connectivity index (χ1v) is 5.24. The van der Waals surface area contributed by atoms with Crippen molar-refractivity contribution in [1.29, 1.82) is 0 Å². The molecule has 2 rings (SSSR count). The maximum atomic E-state index is 12.7. The van der Waals surface area contributed by atoms with Crippen LogP contribution in [0.2, 0.25) is 0 Å². The van der Waals surface area contributed by atoms with Gasteiger partial charge in [0.15, 0.2) is 4.34 Å². The van der Waals surface area contributed by atoms with Gasteiger partial charge in [-0.15, -0.1) is 11.3 Å². The van der Waals surface area contributed by atoms with Crippen molar-refractivity contribution in [3.63, 3.8) is 0 Å². The highest BCUT2D eigenvalue weighted by Gasteiger charge is 2.01. The van der Waals surface area contributed by atoms with Gasteiger partial charge in [0.2, 0.25) is 5.95 Å². The van der Waals surface area contributed by atoms with E-state index in [0.717, 1.165) is 4.34 Å². The number of nitrogens with zero attached hydrogens (tertiary/aromatic N) is 2. The molecular weight excluding hydrogens is 207 g/mol. The first-order valence-electron chi connectivity index (χ1n) is 3.54. The summed E-state index contributed by atoms with van der Waals surface area (Å²) in [4.78, 5) is 7.77. The zero-order valence-electron chi connectivity index (χ0n) is 6.48. The van der Waals surface area contributed by atoms with Crippen molar-refractivity contribution < 1.29 is 4.39 Å². The van der Waals surface area contributed by atoms with E-state index in [2.05, 4.69) is 9.97 Å². The third-order valence-electron chi connectivity index (χ3n) is 1.29. The van der Waals surface area contributed by atoms with E-state index in [1.54, 1.807) is 18.3 Å². The Morgan fingerprint density at radius 2 is 2.31 bits per heavy atom. The van der Waals surface area contributed by atoms with Gasteiger partial charge in [0.25, 0.3) is 0 Å². The van der Waals surface area contributed by atoms with Crippen molar-refractivity contribution in [2.24, 2.45) is 0 Å². The van der Waals surface area contributed by atoms with Gasteiger partial charge in [-0.1, -0.05) is 6.07 Å². The van der Waals surface area contributed by atoms with Crippen molar-refractivity contribution >= 4 is 23.1 Å². The average Bonchev–Trinajstić information content (AvgIpc) is 2.57. The number of thiazole rings is 1. The van der Waals surface area contributed by atoms with Crippen molar-refractivity contribution in [3.8, 4) is 0 Å². The monoisotopic (exact) mass is 212 g/mol. The zero-order valence-corrected chi connectivity index (χ0v) is 8.11. The van der Waals surface area contributed by atoms with Crippen LogP contribution in [-0.4, -0.2) is 9.97 Å². The maximum absolute atomic E-state index is 12.7. The summed E-state index contributed by atoms with van der Waals surface area (Å²) in [6.07, 6.45) is 1.71. The lowest BCUT2D eigenvalue weighted by Crippen LogP contribution is -1.83. The number of rotatable bonds is 2. The van der Waals surface area contributed by atoms with Gasteiger partial charge >= 0.3 is 0 Å². The van der Waals surface area contributed by atoms with Gasteiger partial charge < -0.3 is 0 Å². The Morgan fingerprint density at radius 1 is 1.38 bits per heavy atom. The molecule has 13 heavy (non-hydrogen) atoms. The van der Waals surface area contributed by atoms with E-state index in [0.29, 0.717) is 5.03 Å². The third kappa shape index (κ3) is 2.26. The SMILES string of the molecule is Fc1cccc(Sc2nccs2)n1. The summed E-state index contributed by atoms with van der Waals surface area (Å²) in [5.74, 6) is -0.457. The van der Waals surface area contributed by atoms with Crippen LogP contribution in [0.4, 0.5) is 4.39 Å². The van der Waals surface area contributed by atoms with Crippen molar-refractivity contribution in [2.45, 2.75) is 9.37 Å². The first-order chi connectivity index (χ1) is 6.34.